The number of fused-ring (bicyclic) bond motifs is 1. The molecule has 116 valence electrons. The Labute approximate surface area is 128 Å². The monoisotopic (exact) mass is 301 g/mol. The Balaban J connectivity index is 1.88. The maximum Gasteiger partial charge on any atom is 0.270 e. The van der Waals surface area contributed by atoms with Gasteiger partial charge in [-0.05, 0) is 38.1 Å². The molecule has 1 saturated heterocycles. The summed E-state index contributed by atoms with van der Waals surface area (Å²) < 4.78 is 1.72. The predicted molar refractivity (Wildman–Crippen MR) is 85.2 cm³/mol. The Kier molecular flexibility index (Phi) is 4.20. The second-order valence-corrected chi connectivity index (χ2v) is 5.73. The first-order valence-electron chi connectivity index (χ1n) is 7.65. The van der Waals surface area contributed by atoms with E-state index in [1.54, 1.807) is 16.7 Å². The van der Waals surface area contributed by atoms with E-state index >= 15 is 0 Å². The number of aromatic nitrogens is 1. The van der Waals surface area contributed by atoms with Crippen LogP contribution >= 0.6 is 0 Å². The van der Waals surface area contributed by atoms with Crippen molar-refractivity contribution in [3.8, 4) is 0 Å². The minimum Gasteiger partial charge on any atom is -0.307 e. The number of nitro groups is 1. The number of likely N-dealkylation sites (tertiary alicyclic amines) is 1. The fourth-order valence-electron chi connectivity index (χ4n) is 3.06. The number of nitrogens with zero attached hydrogens (tertiary/aromatic N) is 3. The van der Waals surface area contributed by atoms with Crippen molar-refractivity contribution in [1.29, 1.82) is 0 Å². The zero-order valence-corrected chi connectivity index (χ0v) is 12.4. The molecule has 1 fully saturated rings. The average molecular weight is 301 g/mol. The van der Waals surface area contributed by atoms with Crippen molar-refractivity contribution in [2.75, 3.05) is 19.6 Å². The van der Waals surface area contributed by atoms with Gasteiger partial charge in [0.2, 0.25) is 0 Å². The fourth-order valence-corrected chi connectivity index (χ4v) is 3.06. The molecule has 6 nitrogen and oxygen atoms in total. The molecule has 0 amide bonds. The maximum atomic E-state index is 12.1. The lowest BCUT2D eigenvalue weighted by atomic mass is 10.1. The van der Waals surface area contributed by atoms with Crippen molar-refractivity contribution in [3.63, 3.8) is 0 Å². The second kappa shape index (κ2) is 6.27. The van der Waals surface area contributed by atoms with Crippen LogP contribution in [0.3, 0.4) is 0 Å². The van der Waals surface area contributed by atoms with Crippen LogP contribution in [0.1, 0.15) is 19.3 Å². The Bertz CT molecular complexity index is 748. The zero-order chi connectivity index (χ0) is 15.5. The van der Waals surface area contributed by atoms with E-state index < -0.39 is 4.92 Å². The molecule has 0 radical (unpaired) electrons. The summed E-state index contributed by atoms with van der Waals surface area (Å²) in [5, 5.41) is 11.6. The Morgan fingerprint density at radius 3 is 2.55 bits per heavy atom. The van der Waals surface area contributed by atoms with Crippen LogP contribution in [0, 0.1) is 10.1 Å². The van der Waals surface area contributed by atoms with E-state index in [4.69, 9.17) is 0 Å². The van der Waals surface area contributed by atoms with Crippen LogP contribution in [0.25, 0.3) is 10.9 Å². The van der Waals surface area contributed by atoms with Crippen molar-refractivity contribution < 1.29 is 4.92 Å². The highest BCUT2D eigenvalue weighted by Gasteiger charge is 2.12. The van der Waals surface area contributed by atoms with Gasteiger partial charge in [0.25, 0.3) is 11.2 Å². The molecule has 3 rings (SSSR count). The first kappa shape index (κ1) is 14.7. The van der Waals surface area contributed by atoms with Crippen LogP contribution in [0.5, 0.6) is 0 Å². The van der Waals surface area contributed by atoms with Gasteiger partial charge in [0, 0.05) is 36.7 Å². The molecule has 2 aromatic rings. The number of nitro benzene ring substituents is 1. The number of benzene rings is 1. The zero-order valence-electron chi connectivity index (χ0n) is 12.4. The van der Waals surface area contributed by atoms with E-state index in [0.717, 1.165) is 30.5 Å². The number of rotatable bonds is 4. The minimum atomic E-state index is -0.414. The summed E-state index contributed by atoms with van der Waals surface area (Å²) in [5.74, 6) is 0. The predicted octanol–water partition coefficient (Wildman–Crippen LogP) is 2.40. The van der Waals surface area contributed by atoms with E-state index in [2.05, 4.69) is 4.90 Å². The van der Waals surface area contributed by atoms with E-state index in [9.17, 15) is 14.9 Å². The van der Waals surface area contributed by atoms with Gasteiger partial charge < -0.3 is 9.47 Å². The van der Waals surface area contributed by atoms with Crippen LogP contribution in [-0.2, 0) is 6.54 Å². The normalized spacial score (nSPS) is 16.0. The molecule has 6 heteroatoms. The van der Waals surface area contributed by atoms with Crippen molar-refractivity contribution in [2.24, 2.45) is 0 Å². The molecular weight excluding hydrogens is 282 g/mol. The van der Waals surface area contributed by atoms with Crippen molar-refractivity contribution >= 4 is 16.6 Å². The van der Waals surface area contributed by atoms with Gasteiger partial charge in [0.05, 0.1) is 10.4 Å². The summed E-state index contributed by atoms with van der Waals surface area (Å²) in [5.41, 5.74) is 0.752. The first-order chi connectivity index (χ1) is 10.6. The summed E-state index contributed by atoms with van der Waals surface area (Å²) in [6.07, 6.45) is 3.72. The molecular formula is C16H19N3O3. The highest BCUT2D eigenvalue weighted by molar-refractivity contribution is 5.81. The van der Waals surface area contributed by atoms with Gasteiger partial charge >= 0.3 is 0 Å². The molecule has 0 bridgehead atoms. The lowest BCUT2D eigenvalue weighted by Gasteiger charge is -2.26. The largest absolute Gasteiger partial charge is 0.307 e. The molecule has 1 aromatic heterocycles. The molecule has 0 atom stereocenters. The highest BCUT2D eigenvalue weighted by atomic mass is 16.6. The number of non-ortho nitro benzene ring substituents is 1. The van der Waals surface area contributed by atoms with Crippen LogP contribution in [0.2, 0.25) is 0 Å². The lowest BCUT2D eigenvalue weighted by molar-refractivity contribution is -0.384. The van der Waals surface area contributed by atoms with E-state index in [-0.39, 0.29) is 11.2 Å². The van der Waals surface area contributed by atoms with Crippen molar-refractivity contribution in [3.05, 3.63) is 50.8 Å². The molecule has 0 spiro atoms. The SMILES string of the molecule is O=c1ccc2cc([N+](=O)[O-])ccc2n1CCN1CCCCC1. The van der Waals surface area contributed by atoms with Crippen LogP contribution < -0.4 is 5.56 Å². The first-order valence-corrected chi connectivity index (χ1v) is 7.65. The van der Waals surface area contributed by atoms with Gasteiger partial charge in [-0.3, -0.25) is 14.9 Å². The smallest absolute Gasteiger partial charge is 0.270 e. The van der Waals surface area contributed by atoms with Crippen LogP contribution in [0.15, 0.2) is 35.1 Å². The summed E-state index contributed by atoms with van der Waals surface area (Å²) in [4.78, 5) is 25.0. The molecule has 22 heavy (non-hydrogen) atoms. The fraction of sp³-hybridized carbons (Fsp3) is 0.438. The molecule has 0 N–H and O–H groups in total. The van der Waals surface area contributed by atoms with Crippen molar-refractivity contribution in [2.45, 2.75) is 25.8 Å². The summed E-state index contributed by atoms with van der Waals surface area (Å²) >= 11 is 0. The van der Waals surface area contributed by atoms with E-state index in [1.165, 1.54) is 37.5 Å². The summed E-state index contributed by atoms with van der Waals surface area (Å²) in [6.45, 7) is 3.64. The molecule has 2 heterocycles. The summed E-state index contributed by atoms with van der Waals surface area (Å²) in [6, 6.07) is 7.79. The molecule has 1 aromatic carbocycles. The summed E-state index contributed by atoms with van der Waals surface area (Å²) in [7, 11) is 0. The third kappa shape index (κ3) is 3.01. The van der Waals surface area contributed by atoms with E-state index in [0.29, 0.717) is 6.54 Å². The van der Waals surface area contributed by atoms with E-state index in [1.807, 2.05) is 0 Å². The topological polar surface area (TPSA) is 68.4 Å². The van der Waals surface area contributed by atoms with Gasteiger partial charge in [0.15, 0.2) is 0 Å². The molecule has 1 aliphatic heterocycles. The molecule has 0 aliphatic carbocycles. The Morgan fingerprint density at radius 1 is 1.05 bits per heavy atom. The number of pyridine rings is 1. The van der Waals surface area contributed by atoms with Crippen molar-refractivity contribution in [1.82, 2.24) is 9.47 Å². The second-order valence-electron chi connectivity index (χ2n) is 5.73. The van der Waals surface area contributed by atoms with Crippen LogP contribution in [-0.4, -0.2) is 34.0 Å². The molecule has 1 aliphatic rings. The quantitative estimate of drug-likeness (QED) is 0.642. The molecule has 0 unspecified atom stereocenters. The Hall–Kier alpha value is -2.21. The Morgan fingerprint density at radius 2 is 1.82 bits per heavy atom. The molecule has 0 saturated carbocycles. The van der Waals surface area contributed by atoms with Gasteiger partial charge in [-0.15, -0.1) is 0 Å². The maximum absolute atomic E-state index is 12.1. The standard InChI is InChI=1S/C16H19N3O3/c20-16-7-4-13-12-14(19(21)22)5-6-15(13)18(16)11-10-17-8-2-1-3-9-17/h4-7,12H,1-3,8-11H2. The van der Waals surface area contributed by atoms with Crippen LogP contribution in [0.4, 0.5) is 5.69 Å². The minimum absolute atomic E-state index is 0.0497. The third-order valence-electron chi connectivity index (χ3n) is 4.27. The number of hydrogen-bond acceptors (Lipinski definition) is 4. The third-order valence-corrected chi connectivity index (χ3v) is 4.27. The lowest BCUT2D eigenvalue weighted by Crippen LogP contribution is -2.34. The number of piperidine rings is 1. The van der Waals surface area contributed by atoms with Gasteiger partial charge in [0.1, 0.15) is 0 Å². The van der Waals surface area contributed by atoms with Gasteiger partial charge in [-0.25, -0.2) is 0 Å². The van der Waals surface area contributed by atoms with Gasteiger partial charge in [-0.2, -0.15) is 0 Å². The average Bonchev–Trinajstić information content (AvgIpc) is 2.54. The number of hydrogen-bond donors (Lipinski definition) is 0. The highest BCUT2D eigenvalue weighted by Crippen LogP contribution is 2.19. The van der Waals surface area contributed by atoms with Gasteiger partial charge in [-0.1, -0.05) is 6.42 Å².